The third-order valence-corrected chi connectivity index (χ3v) is 3.84. The van der Waals surface area contributed by atoms with Gasteiger partial charge in [0.1, 0.15) is 5.41 Å². The second-order valence-corrected chi connectivity index (χ2v) is 6.01. The molecule has 2 rings (SSSR count). The Balaban J connectivity index is 1.89. The van der Waals surface area contributed by atoms with E-state index < -0.39 is 5.41 Å². The quantitative estimate of drug-likeness (QED) is 0.854. The first-order valence-electron chi connectivity index (χ1n) is 7.39. The van der Waals surface area contributed by atoms with Crippen LogP contribution in [0.2, 0.25) is 0 Å². The van der Waals surface area contributed by atoms with E-state index >= 15 is 0 Å². The molecule has 1 atom stereocenters. The van der Waals surface area contributed by atoms with Crippen molar-refractivity contribution < 1.29 is 9.53 Å². The molecule has 0 N–H and O–H groups in total. The molecule has 0 unspecified atom stereocenters. The van der Waals surface area contributed by atoms with Crippen molar-refractivity contribution in [1.82, 2.24) is 4.90 Å². The first-order chi connectivity index (χ1) is 10.0. The molecule has 21 heavy (non-hydrogen) atoms. The number of rotatable bonds is 4. The minimum atomic E-state index is -0.957. The van der Waals surface area contributed by atoms with Gasteiger partial charge in [0.15, 0.2) is 0 Å². The fourth-order valence-corrected chi connectivity index (χ4v) is 2.49. The Labute approximate surface area is 126 Å². The summed E-state index contributed by atoms with van der Waals surface area (Å²) in [5.41, 5.74) is 0.323. The number of nitrogens with zero attached hydrogens (tertiary/aromatic N) is 2. The lowest BCUT2D eigenvalue weighted by molar-refractivity contribution is -0.145. The van der Waals surface area contributed by atoms with Gasteiger partial charge >= 0.3 is 0 Å². The van der Waals surface area contributed by atoms with Crippen LogP contribution in [0.1, 0.15) is 25.8 Å². The molecule has 0 radical (unpaired) electrons. The van der Waals surface area contributed by atoms with E-state index in [1.165, 1.54) is 5.56 Å². The molecule has 1 saturated heterocycles. The number of morpholine rings is 1. The lowest BCUT2D eigenvalue weighted by atomic mass is 9.93. The van der Waals surface area contributed by atoms with E-state index in [1.54, 1.807) is 18.7 Å². The third kappa shape index (κ3) is 4.05. The zero-order chi connectivity index (χ0) is 15.3. The van der Waals surface area contributed by atoms with Crippen LogP contribution >= 0.6 is 0 Å². The molecule has 4 heteroatoms. The van der Waals surface area contributed by atoms with Crippen molar-refractivity contribution in [3.8, 4) is 6.07 Å². The second-order valence-electron chi connectivity index (χ2n) is 6.01. The van der Waals surface area contributed by atoms with Crippen molar-refractivity contribution in [2.45, 2.75) is 32.8 Å². The van der Waals surface area contributed by atoms with Crippen molar-refractivity contribution >= 4 is 5.91 Å². The first-order valence-corrected chi connectivity index (χ1v) is 7.39. The van der Waals surface area contributed by atoms with E-state index in [1.807, 2.05) is 18.2 Å². The highest BCUT2D eigenvalue weighted by Crippen LogP contribution is 2.21. The molecule has 1 heterocycles. The Morgan fingerprint density at radius 3 is 2.81 bits per heavy atom. The molecule has 112 valence electrons. The van der Waals surface area contributed by atoms with E-state index in [9.17, 15) is 4.79 Å². The molecule has 4 nitrogen and oxygen atoms in total. The van der Waals surface area contributed by atoms with Gasteiger partial charge in [-0.3, -0.25) is 4.79 Å². The van der Waals surface area contributed by atoms with Gasteiger partial charge in [-0.15, -0.1) is 0 Å². The number of amides is 1. The summed E-state index contributed by atoms with van der Waals surface area (Å²) in [7, 11) is 0. The maximum absolute atomic E-state index is 12.3. The Hall–Kier alpha value is -1.86. The number of aryl methyl sites for hydroxylation is 1. The Morgan fingerprint density at radius 1 is 1.43 bits per heavy atom. The molecule has 0 aliphatic carbocycles. The van der Waals surface area contributed by atoms with Crippen molar-refractivity contribution in [2.24, 2.45) is 5.41 Å². The fourth-order valence-electron chi connectivity index (χ4n) is 2.49. The van der Waals surface area contributed by atoms with Gasteiger partial charge in [-0.25, -0.2) is 0 Å². The largest absolute Gasteiger partial charge is 0.375 e. The smallest absolute Gasteiger partial charge is 0.242 e. The van der Waals surface area contributed by atoms with Crippen LogP contribution in [0.25, 0.3) is 0 Å². The summed E-state index contributed by atoms with van der Waals surface area (Å²) in [6, 6.07) is 12.3. The average molecular weight is 286 g/mol. The predicted octanol–water partition coefficient (Wildman–Crippen LogP) is 2.40. The van der Waals surface area contributed by atoms with E-state index in [-0.39, 0.29) is 12.0 Å². The van der Waals surface area contributed by atoms with Gasteiger partial charge in [0.2, 0.25) is 5.91 Å². The van der Waals surface area contributed by atoms with E-state index in [0.29, 0.717) is 19.7 Å². The zero-order valence-electron chi connectivity index (χ0n) is 12.7. The van der Waals surface area contributed by atoms with E-state index in [4.69, 9.17) is 10.00 Å². The second kappa shape index (κ2) is 6.73. The highest BCUT2D eigenvalue weighted by Gasteiger charge is 2.34. The maximum Gasteiger partial charge on any atom is 0.242 e. The summed E-state index contributed by atoms with van der Waals surface area (Å²) in [5.74, 6) is -0.0991. The van der Waals surface area contributed by atoms with Crippen LogP contribution in [-0.4, -0.2) is 36.6 Å². The summed E-state index contributed by atoms with van der Waals surface area (Å²) in [4.78, 5) is 14.1. The summed E-state index contributed by atoms with van der Waals surface area (Å²) in [6.45, 7) is 5.04. The Kier molecular flexibility index (Phi) is 4.98. The number of carbonyl (C=O) groups excluding carboxylic acids is 1. The van der Waals surface area contributed by atoms with Gasteiger partial charge < -0.3 is 9.64 Å². The minimum Gasteiger partial charge on any atom is -0.375 e. The molecular formula is C17H22N2O2. The number of carbonyl (C=O) groups is 1. The Bertz CT molecular complexity index is 519. The summed E-state index contributed by atoms with van der Waals surface area (Å²) < 4.78 is 5.75. The Morgan fingerprint density at radius 2 is 2.14 bits per heavy atom. The van der Waals surface area contributed by atoms with Gasteiger partial charge in [0.25, 0.3) is 0 Å². The number of nitriles is 1. The summed E-state index contributed by atoms with van der Waals surface area (Å²) in [6.07, 6.45) is 1.88. The molecule has 0 aromatic heterocycles. The van der Waals surface area contributed by atoms with Crippen LogP contribution in [0, 0.1) is 16.7 Å². The number of hydrogen-bond acceptors (Lipinski definition) is 3. The molecule has 1 aliphatic heterocycles. The van der Waals surface area contributed by atoms with Crippen LogP contribution in [0.5, 0.6) is 0 Å². The molecule has 1 amide bonds. The van der Waals surface area contributed by atoms with Gasteiger partial charge in [0.05, 0.1) is 18.8 Å². The van der Waals surface area contributed by atoms with Crippen LogP contribution in [0.15, 0.2) is 30.3 Å². The van der Waals surface area contributed by atoms with Crippen molar-refractivity contribution in [3.05, 3.63) is 35.9 Å². The minimum absolute atomic E-state index is 0.0531. The monoisotopic (exact) mass is 286 g/mol. The molecule has 1 fully saturated rings. The summed E-state index contributed by atoms with van der Waals surface area (Å²) >= 11 is 0. The van der Waals surface area contributed by atoms with Gasteiger partial charge in [-0.1, -0.05) is 30.3 Å². The fraction of sp³-hybridized carbons (Fsp3) is 0.529. The highest BCUT2D eigenvalue weighted by atomic mass is 16.5. The van der Waals surface area contributed by atoms with Gasteiger partial charge in [-0.2, -0.15) is 5.26 Å². The highest BCUT2D eigenvalue weighted by molar-refractivity contribution is 5.84. The molecule has 0 spiro atoms. The molecule has 0 bridgehead atoms. The van der Waals surface area contributed by atoms with Crippen LogP contribution in [-0.2, 0) is 16.0 Å². The molecular weight excluding hydrogens is 264 g/mol. The summed E-state index contributed by atoms with van der Waals surface area (Å²) in [5, 5.41) is 9.08. The number of ether oxygens (including phenoxy) is 1. The SMILES string of the molecule is CC(C)(C#N)C(=O)N1CCO[C@@H](CCc2ccccc2)C1. The van der Waals surface area contributed by atoms with Gasteiger partial charge in [0, 0.05) is 13.1 Å². The molecule has 1 aromatic carbocycles. The first kappa shape index (κ1) is 15.5. The lowest BCUT2D eigenvalue weighted by Crippen LogP contribution is -2.49. The molecule has 0 saturated carbocycles. The molecule has 1 aliphatic rings. The van der Waals surface area contributed by atoms with Crippen molar-refractivity contribution in [2.75, 3.05) is 19.7 Å². The average Bonchev–Trinajstić information content (AvgIpc) is 2.53. The maximum atomic E-state index is 12.3. The molecule has 1 aromatic rings. The lowest BCUT2D eigenvalue weighted by Gasteiger charge is -2.35. The topological polar surface area (TPSA) is 53.3 Å². The standard InChI is InChI=1S/C17H22N2O2/c1-17(2,13-18)16(20)19-10-11-21-15(12-19)9-8-14-6-4-3-5-7-14/h3-7,15H,8-12H2,1-2H3/t15-/m0/s1. The van der Waals surface area contributed by atoms with E-state index in [0.717, 1.165) is 12.8 Å². The van der Waals surface area contributed by atoms with Crippen molar-refractivity contribution in [3.63, 3.8) is 0 Å². The number of benzene rings is 1. The van der Waals surface area contributed by atoms with Crippen LogP contribution in [0.4, 0.5) is 0 Å². The predicted molar refractivity (Wildman–Crippen MR) is 80.5 cm³/mol. The van der Waals surface area contributed by atoms with Crippen molar-refractivity contribution in [1.29, 1.82) is 5.26 Å². The van der Waals surface area contributed by atoms with Crippen LogP contribution in [0.3, 0.4) is 0 Å². The number of hydrogen-bond donors (Lipinski definition) is 0. The van der Waals surface area contributed by atoms with E-state index in [2.05, 4.69) is 18.2 Å². The normalized spacial score (nSPS) is 19.1. The van der Waals surface area contributed by atoms with Gasteiger partial charge in [-0.05, 0) is 32.3 Å². The zero-order valence-corrected chi connectivity index (χ0v) is 12.7. The van der Waals surface area contributed by atoms with Crippen LogP contribution < -0.4 is 0 Å². The third-order valence-electron chi connectivity index (χ3n) is 3.84.